The van der Waals surface area contributed by atoms with Crippen LogP contribution >= 0.6 is 0 Å². The van der Waals surface area contributed by atoms with Gasteiger partial charge in [-0.05, 0) is 24.3 Å². The van der Waals surface area contributed by atoms with Gasteiger partial charge in [0.1, 0.15) is 12.4 Å². The van der Waals surface area contributed by atoms with Crippen molar-refractivity contribution < 1.29 is 4.74 Å². The monoisotopic (exact) mass is 215 g/mol. The predicted molar refractivity (Wildman–Crippen MR) is 60.7 cm³/mol. The van der Waals surface area contributed by atoms with Gasteiger partial charge < -0.3 is 10.5 Å². The summed E-state index contributed by atoms with van der Waals surface area (Å²) in [5.74, 6) is 0.738. The third kappa shape index (κ3) is 2.77. The van der Waals surface area contributed by atoms with Gasteiger partial charge in [0.05, 0.1) is 17.6 Å². The Morgan fingerprint density at radius 2 is 2.00 bits per heavy atom. The van der Waals surface area contributed by atoms with Gasteiger partial charge in [-0.3, -0.25) is 9.97 Å². The quantitative estimate of drug-likeness (QED) is 0.839. The maximum atomic E-state index is 5.53. The highest BCUT2D eigenvalue weighted by Gasteiger charge is 1.98. The molecule has 4 nitrogen and oxygen atoms in total. The molecule has 0 atom stereocenters. The summed E-state index contributed by atoms with van der Waals surface area (Å²) in [6.07, 6.45) is 3.38. The Morgan fingerprint density at radius 1 is 1.12 bits per heavy atom. The average Bonchev–Trinajstić information content (AvgIpc) is 2.38. The number of hydrogen-bond donors (Lipinski definition) is 1. The average molecular weight is 215 g/mol. The van der Waals surface area contributed by atoms with E-state index in [1.165, 1.54) is 0 Å². The molecule has 0 saturated carbocycles. The molecule has 0 saturated heterocycles. The lowest BCUT2D eigenvalue weighted by molar-refractivity contribution is 0.300. The smallest absolute Gasteiger partial charge is 0.138 e. The maximum Gasteiger partial charge on any atom is 0.138 e. The van der Waals surface area contributed by atoms with Crippen molar-refractivity contribution in [1.82, 2.24) is 9.97 Å². The first-order valence-electron chi connectivity index (χ1n) is 5.06. The fourth-order valence-electron chi connectivity index (χ4n) is 1.31. The van der Waals surface area contributed by atoms with E-state index < -0.39 is 0 Å². The zero-order chi connectivity index (χ0) is 11.2. The lowest BCUT2D eigenvalue weighted by Gasteiger charge is -2.05. The summed E-state index contributed by atoms with van der Waals surface area (Å²) >= 11 is 0. The fraction of sp³-hybridized carbons (Fsp3) is 0.167. The molecule has 2 heterocycles. The summed E-state index contributed by atoms with van der Waals surface area (Å²) in [5, 5.41) is 0. The molecule has 82 valence electrons. The van der Waals surface area contributed by atoms with Crippen molar-refractivity contribution in [3.05, 3.63) is 54.1 Å². The summed E-state index contributed by atoms with van der Waals surface area (Å²) in [5.41, 5.74) is 7.25. The molecule has 2 aromatic rings. The van der Waals surface area contributed by atoms with Crippen LogP contribution in [0, 0.1) is 0 Å². The van der Waals surface area contributed by atoms with Crippen LogP contribution < -0.4 is 10.5 Å². The largest absolute Gasteiger partial charge is 0.486 e. The van der Waals surface area contributed by atoms with Gasteiger partial charge in [-0.1, -0.05) is 6.07 Å². The lowest BCUT2D eigenvalue weighted by atomic mass is 10.3. The van der Waals surface area contributed by atoms with Gasteiger partial charge >= 0.3 is 0 Å². The highest BCUT2D eigenvalue weighted by atomic mass is 16.5. The van der Waals surface area contributed by atoms with E-state index in [1.54, 1.807) is 12.4 Å². The number of aromatic nitrogens is 2. The zero-order valence-corrected chi connectivity index (χ0v) is 8.84. The molecule has 0 unspecified atom stereocenters. The van der Waals surface area contributed by atoms with Crippen molar-refractivity contribution in [1.29, 1.82) is 0 Å². The highest BCUT2D eigenvalue weighted by molar-refractivity contribution is 5.16. The number of rotatable bonds is 4. The minimum atomic E-state index is 0.430. The Hall–Kier alpha value is -1.94. The molecule has 4 heteroatoms. The van der Waals surface area contributed by atoms with Gasteiger partial charge in [0.15, 0.2) is 0 Å². The van der Waals surface area contributed by atoms with Gasteiger partial charge in [-0.25, -0.2) is 0 Å². The Labute approximate surface area is 94.1 Å². The first kappa shape index (κ1) is 10.6. The minimum Gasteiger partial charge on any atom is -0.486 e. The summed E-state index contributed by atoms with van der Waals surface area (Å²) in [6.45, 7) is 0.875. The Bertz CT molecular complexity index is 445. The third-order valence-electron chi connectivity index (χ3n) is 2.09. The zero-order valence-electron chi connectivity index (χ0n) is 8.84. The molecule has 2 N–H and O–H groups in total. The van der Waals surface area contributed by atoms with Crippen molar-refractivity contribution >= 4 is 0 Å². The van der Waals surface area contributed by atoms with Gasteiger partial charge in [0, 0.05) is 12.7 Å². The van der Waals surface area contributed by atoms with E-state index in [0.717, 1.165) is 17.1 Å². The van der Waals surface area contributed by atoms with Crippen molar-refractivity contribution in [2.24, 2.45) is 5.73 Å². The fourth-order valence-corrected chi connectivity index (χ4v) is 1.31. The molecule has 0 radical (unpaired) electrons. The molecule has 0 bridgehead atoms. The van der Waals surface area contributed by atoms with Gasteiger partial charge in [-0.2, -0.15) is 0 Å². The number of nitrogens with two attached hydrogens (primary N) is 1. The van der Waals surface area contributed by atoms with E-state index in [2.05, 4.69) is 9.97 Å². The van der Waals surface area contributed by atoms with Crippen LogP contribution in [0.3, 0.4) is 0 Å². The SMILES string of the molecule is NCc1cccc(COc2cccnc2)n1. The van der Waals surface area contributed by atoms with Gasteiger partial charge in [0.25, 0.3) is 0 Å². The van der Waals surface area contributed by atoms with E-state index >= 15 is 0 Å². The van der Waals surface area contributed by atoms with E-state index in [1.807, 2.05) is 30.3 Å². The standard InChI is InChI=1S/C12H13N3O/c13-7-10-3-1-4-11(15-10)9-16-12-5-2-6-14-8-12/h1-6,8H,7,9,13H2. The van der Waals surface area contributed by atoms with Crippen LogP contribution in [0.25, 0.3) is 0 Å². The second-order valence-corrected chi connectivity index (χ2v) is 3.30. The summed E-state index contributed by atoms with van der Waals surface area (Å²) in [4.78, 5) is 8.30. The number of nitrogens with zero attached hydrogens (tertiary/aromatic N) is 2. The molecule has 0 aliphatic heterocycles. The number of ether oxygens (including phenoxy) is 1. The molecule has 2 aromatic heterocycles. The van der Waals surface area contributed by atoms with Crippen LogP contribution in [0.5, 0.6) is 5.75 Å². The molecule has 2 rings (SSSR count). The van der Waals surface area contributed by atoms with Crippen molar-refractivity contribution in [3.63, 3.8) is 0 Å². The topological polar surface area (TPSA) is 61.0 Å². The number of pyridine rings is 2. The van der Waals surface area contributed by atoms with Gasteiger partial charge in [-0.15, -0.1) is 0 Å². The summed E-state index contributed by atoms with van der Waals surface area (Å²) in [6, 6.07) is 9.43. The maximum absolute atomic E-state index is 5.53. The molecule has 0 spiro atoms. The van der Waals surface area contributed by atoms with Crippen LogP contribution in [0.4, 0.5) is 0 Å². The van der Waals surface area contributed by atoms with E-state index in [0.29, 0.717) is 13.2 Å². The van der Waals surface area contributed by atoms with Crippen LogP contribution in [-0.4, -0.2) is 9.97 Å². The predicted octanol–water partition coefficient (Wildman–Crippen LogP) is 1.51. The molecular formula is C12H13N3O. The summed E-state index contributed by atoms with van der Waals surface area (Å²) in [7, 11) is 0. The first-order valence-corrected chi connectivity index (χ1v) is 5.06. The van der Waals surface area contributed by atoms with Crippen molar-refractivity contribution in [2.75, 3.05) is 0 Å². The lowest BCUT2D eigenvalue weighted by Crippen LogP contribution is -2.04. The Morgan fingerprint density at radius 3 is 2.75 bits per heavy atom. The van der Waals surface area contributed by atoms with E-state index in [-0.39, 0.29) is 0 Å². The molecule has 0 amide bonds. The van der Waals surface area contributed by atoms with Crippen molar-refractivity contribution in [3.8, 4) is 5.75 Å². The van der Waals surface area contributed by atoms with Gasteiger partial charge in [0.2, 0.25) is 0 Å². The van der Waals surface area contributed by atoms with E-state index in [9.17, 15) is 0 Å². The number of hydrogen-bond acceptors (Lipinski definition) is 4. The summed E-state index contributed by atoms with van der Waals surface area (Å²) < 4.78 is 5.53. The van der Waals surface area contributed by atoms with Crippen LogP contribution in [0.2, 0.25) is 0 Å². The molecule has 0 aliphatic rings. The normalized spacial score (nSPS) is 10.1. The highest BCUT2D eigenvalue weighted by Crippen LogP contribution is 2.09. The van der Waals surface area contributed by atoms with Crippen LogP contribution in [0.15, 0.2) is 42.7 Å². The Balaban J connectivity index is 1.99. The second kappa shape index (κ2) is 5.23. The van der Waals surface area contributed by atoms with E-state index in [4.69, 9.17) is 10.5 Å². The van der Waals surface area contributed by atoms with Crippen LogP contribution in [-0.2, 0) is 13.2 Å². The third-order valence-corrected chi connectivity index (χ3v) is 2.09. The molecule has 0 aromatic carbocycles. The van der Waals surface area contributed by atoms with Crippen LogP contribution in [0.1, 0.15) is 11.4 Å². The van der Waals surface area contributed by atoms with Crippen molar-refractivity contribution in [2.45, 2.75) is 13.2 Å². The molecule has 16 heavy (non-hydrogen) atoms. The minimum absolute atomic E-state index is 0.430. The second-order valence-electron chi connectivity index (χ2n) is 3.30. The Kier molecular flexibility index (Phi) is 3.46. The molecule has 0 aliphatic carbocycles. The molecular weight excluding hydrogens is 202 g/mol. The first-order chi connectivity index (χ1) is 7.88. The molecule has 0 fully saturated rings.